The van der Waals surface area contributed by atoms with Gasteiger partial charge in [0.2, 0.25) is 10.0 Å². The molecule has 1 amide bonds. The summed E-state index contributed by atoms with van der Waals surface area (Å²) in [6.07, 6.45) is 5.58. The number of rotatable bonds is 3. The zero-order chi connectivity index (χ0) is 17.6. The molecule has 0 unspecified atom stereocenters. The monoisotopic (exact) mass is 365 g/mol. The number of likely N-dealkylation sites (tertiary alicyclic amines) is 1. The Morgan fingerprint density at radius 3 is 2.56 bits per heavy atom. The Morgan fingerprint density at radius 2 is 1.88 bits per heavy atom. The summed E-state index contributed by atoms with van der Waals surface area (Å²) in [4.78, 5) is 23.7. The molecular weight excluding hydrogens is 346 g/mol. The molecule has 2 N–H and O–H groups in total. The third-order valence-corrected chi connectivity index (χ3v) is 7.36. The molecule has 0 aliphatic carbocycles. The number of nitrogens with zero attached hydrogens (tertiary/aromatic N) is 4. The first-order valence-electron chi connectivity index (χ1n) is 8.21. The molecule has 2 aliphatic heterocycles. The summed E-state index contributed by atoms with van der Waals surface area (Å²) >= 11 is 0. The Morgan fingerprint density at radius 1 is 1.20 bits per heavy atom. The first kappa shape index (κ1) is 16.3. The lowest BCUT2D eigenvalue weighted by Crippen LogP contribution is -2.60. The Kier molecular flexibility index (Phi) is 3.88. The van der Waals surface area contributed by atoms with Gasteiger partial charge in [0.15, 0.2) is 5.65 Å². The standard InChI is InChI=1S/C15H19N5O4S/c21-15(22)19-8-11(9-19)25(23,24)20-5-1-10(2-6-20)12-7-18-14-13(12)16-3-4-17-14/h3-4,7,10-11H,1-2,5-6,8-9H2,(H,17,18)(H,21,22). The normalized spacial score (nSPS) is 20.7. The second kappa shape index (κ2) is 5.95. The predicted molar refractivity (Wildman–Crippen MR) is 89.7 cm³/mol. The summed E-state index contributed by atoms with van der Waals surface area (Å²) in [5, 5.41) is 8.25. The van der Waals surface area contributed by atoms with Gasteiger partial charge in [-0.25, -0.2) is 22.5 Å². The molecule has 4 rings (SSSR count). The van der Waals surface area contributed by atoms with Crippen molar-refractivity contribution in [1.82, 2.24) is 24.2 Å². The number of hydrogen-bond acceptors (Lipinski definition) is 5. The fourth-order valence-corrected chi connectivity index (χ4v) is 5.47. The second-order valence-corrected chi connectivity index (χ2v) is 8.74. The van der Waals surface area contributed by atoms with Crippen LogP contribution >= 0.6 is 0 Å². The van der Waals surface area contributed by atoms with Crippen molar-refractivity contribution in [2.24, 2.45) is 0 Å². The maximum Gasteiger partial charge on any atom is 0.407 e. The van der Waals surface area contributed by atoms with Crippen LogP contribution in [0.5, 0.6) is 0 Å². The van der Waals surface area contributed by atoms with Gasteiger partial charge in [-0.2, -0.15) is 0 Å². The third kappa shape index (κ3) is 2.74. The number of nitrogens with one attached hydrogen (secondary N) is 1. The fourth-order valence-electron chi connectivity index (χ4n) is 3.60. The topological polar surface area (TPSA) is 119 Å². The molecule has 2 saturated heterocycles. The van der Waals surface area contributed by atoms with E-state index in [1.807, 2.05) is 6.20 Å². The first-order chi connectivity index (χ1) is 12.0. The van der Waals surface area contributed by atoms with Gasteiger partial charge in [0.05, 0.1) is 0 Å². The van der Waals surface area contributed by atoms with Gasteiger partial charge >= 0.3 is 6.09 Å². The zero-order valence-electron chi connectivity index (χ0n) is 13.5. The van der Waals surface area contributed by atoms with Crippen molar-refractivity contribution < 1.29 is 18.3 Å². The predicted octanol–water partition coefficient (Wildman–Crippen LogP) is 0.829. The van der Waals surface area contributed by atoms with Crippen LogP contribution in [0.3, 0.4) is 0 Å². The van der Waals surface area contributed by atoms with Gasteiger partial charge in [-0.05, 0) is 18.8 Å². The Bertz CT molecular complexity index is 898. The number of carboxylic acid groups (broad SMARTS) is 1. The first-order valence-corrected chi connectivity index (χ1v) is 9.72. The van der Waals surface area contributed by atoms with E-state index in [9.17, 15) is 13.2 Å². The molecular formula is C15H19N5O4S. The van der Waals surface area contributed by atoms with Crippen LogP contribution in [0.1, 0.15) is 24.3 Å². The van der Waals surface area contributed by atoms with Crippen LogP contribution in [-0.4, -0.2) is 75.2 Å². The smallest absolute Gasteiger partial charge is 0.407 e. The summed E-state index contributed by atoms with van der Waals surface area (Å²) in [6.45, 7) is 1.03. The Hall–Kier alpha value is -2.20. The number of aromatic amines is 1. The van der Waals surface area contributed by atoms with Gasteiger partial charge in [0.1, 0.15) is 10.8 Å². The molecule has 2 aliphatic rings. The molecule has 0 saturated carbocycles. The average Bonchev–Trinajstić information content (AvgIpc) is 2.97. The molecule has 2 aromatic heterocycles. The van der Waals surface area contributed by atoms with Crippen molar-refractivity contribution >= 4 is 27.3 Å². The summed E-state index contributed by atoms with van der Waals surface area (Å²) in [5.41, 5.74) is 2.68. The second-order valence-electron chi connectivity index (χ2n) is 6.53. The number of aromatic nitrogens is 3. The van der Waals surface area contributed by atoms with Crippen LogP contribution in [0.2, 0.25) is 0 Å². The number of amides is 1. The molecule has 0 spiro atoms. The summed E-state index contributed by atoms with van der Waals surface area (Å²) < 4.78 is 26.7. The van der Waals surface area contributed by atoms with Crippen LogP contribution < -0.4 is 0 Å². The van der Waals surface area contributed by atoms with E-state index in [1.165, 1.54) is 4.31 Å². The van der Waals surface area contributed by atoms with E-state index in [4.69, 9.17) is 5.11 Å². The van der Waals surface area contributed by atoms with Crippen molar-refractivity contribution in [3.8, 4) is 0 Å². The highest BCUT2D eigenvalue weighted by Gasteiger charge is 2.43. The minimum Gasteiger partial charge on any atom is -0.465 e. The molecule has 0 aromatic carbocycles. The lowest BCUT2D eigenvalue weighted by molar-refractivity contribution is 0.118. The van der Waals surface area contributed by atoms with Crippen molar-refractivity contribution in [1.29, 1.82) is 0 Å². The van der Waals surface area contributed by atoms with Gasteiger partial charge in [-0.15, -0.1) is 0 Å². The minimum absolute atomic E-state index is 0.0651. The van der Waals surface area contributed by atoms with E-state index in [0.717, 1.165) is 34.5 Å². The lowest BCUT2D eigenvalue weighted by Gasteiger charge is -2.40. The number of hydrogen-bond donors (Lipinski definition) is 2. The van der Waals surface area contributed by atoms with Crippen LogP contribution in [0.4, 0.5) is 4.79 Å². The van der Waals surface area contributed by atoms with Crippen molar-refractivity contribution in [3.63, 3.8) is 0 Å². The maximum absolute atomic E-state index is 12.6. The molecule has 10 heteroatoms. The van der Waals surface area contributed by atoms with E-state index in [1.54, 1.807) is 12.4 Å². The Labute approximate surface area is 144 Å². The van der Waals surface area contributed by atoms with E-state index >= 15 is 0 Å². The van der Waals surface area contributed by atoms with Gasteiger partial charge in [0, 0.05) is 50.3 Å². The maximum atomic E-state index is 12.6. The Balaban J connectivity index is 1.42. The van der Waals surface area contributed by atoms with Crippen molar-refractivity contribution in [3.05, 3.63) is 24.2 Å². The van der Waals surface area contributed by atoms with Gasteiger partial charge < -0.3 is 15.0 Å². The van der Waals surface area contributed by atoms with Gasteiger partial charge in [0.25, 0.3) is 0 Å². The molecule has 9 nitrogen and oxygen atoms in total. The molecule has 2 aromatic rings. The van der Waals surface area contributed by atoms with Crippen LogP contribution in [0, 0.1) is 0 Å². The zero-order valence-corrected chi connectivity index (χ0v) is 14.3. The molecule has 25 heavy (non-hydrogen) atoms. The van der Waals surface area contributed by atoms with Crippen molar-refractivity contribution in [2.75, 3.05) is 26.2 Å². The summed E-state index contributed by atoms with van der Waals surface area (Å²) in [7, 11) is -3.43. The van der Waals surface area contributed by atoms with Crippen LogP contribution in [0.15, 0.2) is 18.6 Å². The number of carbonyl (C=O) groups is 1. The quantitative estimate of drug-likeness (QED) is 0.831. The number of fused-ring (bicyclic) bond motifs is 1. The minimum atomic E-state index is -3.43. The van der Waals surface area contributed by atoms with E-state index in [-0.39, 0.29) is 19.0 Å². The highest BCUT2D eigenvalue weighted by molar-refractivity contribution is 7.89. The molecule has 0 bridgehead atoms. The molecule has 134 valence electrons. The van der Waals surface area contributed by atoms with E-state index in [0.29, 0.717) is 13.1 Å². The van der Waals surface area contributed by atoms with Crippen LogP contribution in [-0.2, 0) is 10.0 Å². The van der Waals surface area contributed by atoms with E-state index < -0.39 is 21.4 Å². The van der Waals surface area contributed by atoms with Crippen molar-refractivity contribution in [2.45, 2.75) is 24.0 Å². The fraction of sp³-hybridized carbons (Fsp3) is 0.533. The molecule has 2 fully saturated rings. The van der Waals surface area contributed by atoms with Gasteiger partial charge in [-0.3, -0.25) is 4.98 Å². The number of H-pyrrole nitrogens is 1. The summed E-state index contributed by atoms with van der Waals surface area (Å²) in [6, 6.07) is 0. The van der Waals surface area contributed by atoms with E-state index in [2.05, 4.69) is 15.0 Å². The SMILES string of the molecule is O=C(O)N1CC(S(=O)(=O)N2CCC(c3c[nH]c4nccnc34)CC2)C1. The van der Waals surface area contributed by atoms with Gasteiger partial charge in [-0.1, -0.05) is 0 Å². The highest BCUT2D eigenvalue weighted by atomic mass is 32.2. The van der Waals surface area contributed by atoms with Crippen LogP contribution in [0.25, 0.3) is 11.2 Å². The largest absolute Gasteiger partial charge is 0.465 e. The molecule has 0 radical (unpaired) electrons. The lowest BCUT2D eigenvalue weighted by atomic mass is 9.91. The molecule has 4 heterocycles. The number of piperidine rings is 1. The third-order valence-electron chi connectivity index (χ3n) is 5.13. The molecule has 0 atom stereocenters. The number of sulfonamides is 1. The highest BCUT2D eigenvalue weighted by Crippen LogP contribution is 2.33. The average molecular weight is 365 g/mol. The summed E-state index contributed by atoms with van der Waals surface area (Å²) in [5.74, 6) is 0.244.